The zero-order valence-electron chi connectivity index (χ0n) is 29.0. The summed E-state index contributed by atoms with van der Waals surface area (Å²) in [5.74, 6) is 1.52. The van der Waals surface area contributed by atoms with E-state index in [-0.39, 0.29) is 47.3 Å². The summed E-state index contributed by atoms with van der Waals surface area (Å²) in [6.45, 7) is 14.6. The summed E-state index contributed by atoms with van der Waals surface area (Å²) in [6, 6.07) is 0. The van der Waals surface area contributed by atoms with E-state index >= 15 is 0 Å². The zero-order chi connectivity index (χ0) is 32.4. The van der Waals surface area contributed by atoms with Crippen molar-refractivity contribution >= 4 is 17.9 Å². The van der Waals surface area contributed by atoms with E-state index in [1.54, 1.807) is 13.8 Å². The molecule has 0 aromatic heterocycles. The molecule has 6 fully saturated rings. The van der Waals surface area contributed by atoms with Crippen molar-refractivity contribution in [2.24, 2.45) is 56.7 Å². The Morgan fingerprint density at radius 1 is 0.822 bits per heavy atom. The molecule has 7 nitrogen and oxygen atoms in total. The van der Waals surface area contributed by atoms with Gasteiger partial charge in [-0.2, -0.15) is 0 Å². The SMILES string of the molecule is C[C@@H]1C2CC[C@]3(C)C(CC[C@@H]4[C@H]5CCC[C@]5(CCC(=O)OC5CCOC5)CC[C@]43C)[C@@]2(C)CC[C@@H]1OC(=O)CC(C)(C)C(=O)O. The first-order chi connectivity index (χ1) is 21.2. The highest BCUT2D eigenvalue weighted by Gasteiger charge is 2.69. The molecule has 0 aromatic carbocycles. The predicted octanol–water partition coefficient (Wildman–Crippen LogP) is 7.98. The molecule has 5 aliphatic carbocycles. The minimum absolute atomic E-state index is 0.0261. The van der Waals surface area contributed by atoms with Crippen LogP contribution in [0.1, 0.15) is 138 Å². The zero-order valence-corrected chi connectivity index (χ0v) is 29.0. The number of esters is 2. The van der Waals surface area contributed by atoms with Crippen LogP contribution in [0.25, 0.3) is 0 Å². The molecule has 45 heavy (non-hydrogen) atoms. The predicted molar refractivity (Wildman–Crippen MR) is 171 cm³/mol. The minimum atomic E-state index is -1.12. The fourth-order valence-corrected chi connectivity index (χ4v) is 12.7. The monoisotopic (exact) mass is 628 g/mol. The van der Waals surface area contributed by atoms with Crippen LogP contribution in [0.5, 0.6) is 0 Å². The molecule has 6 rings (SSSR count). The topological polar surface area (TPSA) is 99.1 Å². The van der Waals surface area contributed by atoms with E-state index in [4.69, 9.17) is 14.2 Å². The molecule has 5 saturated carbocycles. The lowest BCUT2D eigenvalue weighted by molar-refractivity contribution is -0.235. The van der Waals surface area contributed by atoms with Crippen LogP contribution < -0.4 is 0 Å². The van der Waals surface area contributed by atoms with Gasteiger partial charge in [-0.1, -0.05) is 34.1 Å². The molecule has 0 bridgehead atoms. The summed E-state index contributed by atoms with van der Waals surface area (Å²) in [5, 5.41) is 9.50. The summed E-state index contributed by atoms with van der Waals surface area (Å²) in [7, 11) is 0. The molecule has 1 N–H and O–H groups in total. The normalized spacial score (nSPS) is 45.9. The summed E-state index contributed by atoms with van der Waals surface area (Å²) < 4.78 is 17.2. The van der Waals surface area contributed by atoms with Gasteiger partial charge in [0.1, 0.15) is 12.2 Å². The largest absolute Gasteiger partial charge is 0.481 e. The van der Waals surface area contributed by atoms with Crippen LogP contribution in [0.2, 0.25) is 0 Å². The number of carboxylic acids is 1. The Bertz CT molecular complexity index is 1160. The number of aliphatic carboxylic acids is 1. The van der Waals surface area contributed by atoms with Gasteiger partial charge in [-0.15, -0.1) is 0 Å². The number of rotatable bonds is 8. The van der Waals surface area contributed by atoms with E-state index < -0.39 is 11.4 Å². The first-order valence-electron chi connectivity index (χ1n) is 18.4. The molecule has 1 aliphatic heterocycles. The fourth-order valence-electron chi connectivity index (χ4n) is 12.7. The third-order valence-corrected chi connectivity index (χ3v) is 15.5. The van der Waals surface area contributed by atoms with Crippen LogP contribution in [-0.2, 0) is 28.6 Å². The summed E-state index contributed by atoms with van der Waals surface area (Å²) in [4.78, 5) is 37.3. The Balaban J connectivity index is 1.14. The number of carbonyl (C=O) groups excluding carboxylic acids is 2. The Hall–Kier alpha value is -1.63. The number of hydrogen-bond donors (Lipinski definition) is 1. The molecular formula is C38H60O7. The van der Waals surface area contributed by atoms with Crippen molar-refractivity contribution in [2.75, 3.05) is 13.2 Å². The number of carbonyl (C=O) groups is 3. The summed E-state index contributed by atoms with van der Waals surface area (Å²) >= 11 is 0. The van der Waals surface area contributed by atoms with Crippen molar-refractivity contribution in [1.82, 2.24) is 0 Å². The van der Waals surface area contributed by atoms with Crippen LogP contribution in [0.4, 0.5) is 0 Å². The second kappa shape index (κ2) is 11.8. The maximum atomic E-state index is 12.9. The van der Waals surface area contributed by atoms with E-state index in [1.165, 1.54) is 57.8 Å². The van der Waals surface area contributed by atoms with E-state index in [1.807, 2.05) is 0 Å². The fraction of sp³-hybridized carbons (Fsp3) is 0.921. The number of hydrogen-bond acceptors (Lipinski definition) is 6. The highest BCUT2D eigenvalue weighted by molar-refractivity contribution is 5.81. The molecule has 0 aromatic rings. The van der Waals surface area contributed by atoms with E-state index in [0.717, 1.165) is 31.6 Å². The van der Waals surface area contributed by atoms with Crippen molar-refractivity contribution in [3.05, 3.63) is 0 Å². The van der Waals surface area contributed by atoms with Crippen LogP contribution in [0.3, 0.4) is 0 Å². The molecule has 0 amide bonds. The van der Waals surface area contributed by atoms with Gasteiger partial charge in [-0.25, -0.2) is 0 Å². The molecule has 0 spiro atoms. The van der Waals surface area contributed by atoms with Gasteiger partial charge in [0.2, 0.25) is 0 Å². The van der Waals surface area contributed by atoms with Gasteiger partial charge in [0.05, 0.1) is 25.0 Å². The smallest absolute Gasteiger partial charge is 0.309 e. The van der Waals surface area contributed by atoms with Crippen LogP contribution in [0.15, 0.2) is 0 Å². The second-order valence-electron chi connectivity index (χ2n) is 17.9. The average Bonchev–Trinajstić information content (AvgIpc) is 3.64. The van der Waals surface area contributed by atoms with Crippen LogP contribution in [0, 0.1) is 56.7 Å². The molecule has 0 radical (unpaired) electrons. The van der Waals surface area contributed by atoms with Crippen molar-refractivity contribution in [2.45, 2.75) is 150 Å². The molecular weight excluding hydrogens is 568 g/mol. The standard InChI is InChI=1S/C38H60O7/c1-24-26-11-17-37(6)30(35(26,4)16-12-29(24)45-32(40)22-34(2,3)33(41)42)10-9-27-28-8-7-15-38(28,20-19-36(27,37)5)18-13-31(39)44-25-14-21-43-23-25/h24-30H,7-23H2,1-6H3,(H,41,42)/t24-,25?,26?,27-,28-,29+,30?,35+,36-,37-,38+/m1/s1. The third-order valence-electron chi connectivity index (χ3n) is 15.5. The highest BCUT2D eigenvalue weighted by Crippen LogP contribution is 2.76. The summed E-state index contributed by atoms with van der Waals surface area (Å²) in [6.07, 6.45) is 15.4. The molecule has 7 heteroatoms. The molecule has 254 valence electrons. The van der Waals surface area contributed by atoms with Gasteiger partial charge in [-0.3, -0.25) is 14.4 Å². The van der Waals surface area contributed by atoms with Gasteiger partial charge in [-0.05, 0) is 136 Å². The van der Waals surface area contributed by atoms with E-state index in [9.17, 15) is 19.5 Å². The lowest BCUT2D eigenvalue weighted by atomic mass is 9.33. The third kappa shape index (κ3) is 5.47. The number of carboxylic acid groups (broad SMARTS) is 1. The van der Waals surface area contributed by atoms with Crippen molar-refractivity contribution in [1.29, 1.82) is 0 Å². The highest BCUT2D eigenvalue weighted by atomic mass is 16.6. The lowest BCUT2D eigenvalue weighted by Gasteiger charge is -2.72. The lowest BCUT2D eigenvalue weighted by Crippen LogP contribution is -2.65. The minimum Gasteiger partial charge on any atom is -0.481 e. The second-order valence-corrected chi connectivity index (χ2v) is 17.9. The maximum Gasteiger partial charge on any atom is 0.309 e. The van der Waals surface area contributed by atoms with Gasteiger partial charge in [0.25, 0.3) is 0 Å². The van der Waals surface area contributed by atoms with Gasteiger partial charge >= 0.3 is 17.9 Å². The first-order valence-corrected chi connectivity index (χ1v) is 18.4. The Morgan fingerprint density at radius 2 is 1.60 bits per heavy atom. The van der Waals surface area contributed by atoms with Crippen LogP contribution >= 0.6 is 0 Å². The Kier molecular flexibility index (Phi) is 8.73. The molecule has 11 atom stereocenters. The maximum absolute atomic E-state index is 12.9. The molecule has 1 saturated heterocycles. The quantitative estimate of drug-likeness (QED) is 0.272. The van der Waals surface area contributed by atoms with E-state index in [0.29, 0.717) is 48.2 Å². The Labute approximate surface area is 271 Å². The van der Waals surface area contributed by atoms with E-state index in [2.05, 4.69) is 27.7 Å². The number of ether oxygens (including phenoxy) is 3. The van der Waals surface area contributed by atoms with Gasteiger partial charge in [0, 0.05) is 12.8 Å². The van der Waals surface area contributed by atoms with Crippen molar-refractivity contribution in [3.63, 3.8) is 0 Å². The van der Waals surface area contributed by atoms with Crippen molar-refractivity contribution in [3.8, 4) is 0 Å². The molecule has 3 unspecified atom stereocenters. The first kappa shape index (κ1) is 33.3. The molecule has 1 heterocycles. The van der Waals surface area contributed by atoms with Gasteiger partial charge in [0.15, 0.2) is 0 Å². The Morgan fingerprint density at radius 3 is 2.31 bits per heavy atom. The van der Waals surface area contributed by atoms with Crippen LogP contribution in [-0.4, -0.2) is 48.4 Å². The number of fused-ring (bicyclic) bond motifs is 7. The van der Waals surface area contributed by atoms with Gasteiger partial charge < -0.3 is 19.3 Å². The molecule has 6 aliphatic rings. The van der Waals surface area contributed by atoms with Crippen molar-refractivity contribution < 1.29 is 33.7 Å². The average molecular weight is 629 g/mol. The summed E-state index contributed by atoms with van der Waals surface area (Å²) in [5.41, 5.74) is -0.00659.